The van der Waals surface area contributed by atoms with Crippen LogP contribution in [0.2, 0.25) is 0 Å². The second kappa shape index (κ2) is 11.5. The number of nitrogens with one attached hydrogen (secondary N) is 2. The molecule has 2 aromatic carbocycles. The van der Waals surface area contributed by atoms with Crippen LogP contribution >= 0.6 is 0 Å². The fourth-order valence-electron chi connectivity index (χ4n) is 4.40. The minimum atomic E-state index is -1.05. The molecule has 0 heterocycles. The summed E-state index contributed by atoms with van der Waals surface area (Å²) in [6.07, 6.45) is 1.78. The number of carbonyl (C=O) groups excluding carboxylic acids is 2. The van der Waals surface area contributed by atoms with Gasteiger partial charge in [-0.1, -0.05) is 75.2 Å². The third kappa shape index (κ3) is 6.12. The minimum Gasteiger partial charge on any atom is -0.480 e. The Labute approximate surface area is 194 Å². The Kier molecular flexibility index (Phi) is 8.46. The van der Waals surface area contributed by atoms with E-state index in [-0.39, 0.29) is 18.9 Å². The lowest BCUT2D eigenvalue weighted by atomic mass is 9.98. The standard InChI is InChI=1S/C26H32N2O5/c1-3-9-17(15-24(29)28-23(10-4-2)25(30)31)27-26(32)33-16-22-20-13-7-5-11-18(20)19-12-6-8-14-21(19)22/h5-8,11-14,17,22-23H,3-4,9-10,15-16H2,1-2H3,(H,27,32)(H,28,29)(H,30,31). The van der Waals surface area contributed by atoms with Gasteiger partial charge in [-0.2, -0.15) is 0 Å². The largest absolute Gasteiger partial charge is 0.480 e. The Balaban J connectivity index is 1.58. The molecule has 0 fully saturated rings. The molecule has 1 aliphatic carbocycles. The van der Waals surface area contributed by atoms with Gasteiger partial charge in [0.2, 0.25) is 5.91 Å². The Bertz CT molecular complexity index is 945. The number of fused-ring (bicyclic) bond motifs is 3. The number of carboxylic acids is 1. The molecule has 0 radical (unpaired) electrons. The molecule has 0 aliphatic heterocycles. The predicted molar refractivity (Wildman–Crippen MR) is 126 cm³/mol. The molecule has 0 bridgehead atoms. The molecular weight excluding hydrogens is 420 g/mol. The molecule has 2 atom stereocenters. The van der Waals surface area contributed by atoms with Gasteiger partial charge >= 0.3 is 12.1 Å². The highest BCUT2D eigenvalue weighted by atomic mass is 16.5. The molecule has 7 nitrogen and oxygen atoms in total. The fourth-order valence-corrected chi connectivity index (χ4v) is 4.40. The van der Waals surface area contributed by atoms with Crippen LogP contribution in [-0.2, 0) is 14.3 Å². The fraction of sp³-hybridized carbons (Fsp3) is 0.423. The van der Waals surface area contributed by atoms with Gasteiger partial charge in [0, 0.05) is 18.4 Å². The highest BCUT2D eigenvalue weighted by Crippen LogP contribution is 2.44. The SMILES string of the molecule is CCCC(CC(=O)NC(CCC)C(=O)O)NC(=O)OCC1c2ccccc2-c2ccccc21. The van der Waals surface area contributed by atoms with E-state index in [1.807, 2.05) is 38.1 Å². The van der Waals surface area contributed by atoms with Gasteiger partial charge in [-0.3, -0.25) is 4.79 Å². The summed E-state index contributed by atoms with van der Waals surface area (Å²) in [5, 5.41) is 14.6. The van der Waals surface area contributed by atoms with Gasteiger partial charge in [0.25, 0.3) is 0 Å². The Hall–Kier alpha value is -3.35. The summed E-state index contributed by atoms with van der Waals surface area (Å²) in [7, 11) is 0. The molecule has 7 heteroatoms. The zero-order chi connectivity index (χ0) is 23.8. The van der Waals surface area contributed by atoms with Crippen LogP contribution in [0, 0.1) is 0 Å². The number of alkyl carbamates (subject to hydrolysis) is 1. The lowest BCUT2D eigenvalue weighted by Gasteiger charge is -2.20. The Morgan fingerprint density at radius 1 is 0.909 bits per heavy atom. The van der Waals surface area contributed by atoms with Gasteiger partial charge in [0.05, 0.1) is 0 Å². The van der Waals surface area contributed by atoms with Crippen LogP contribution in [0.3, 0.4) is 0 Å². The number of hydrogen-bond donors (Lipinski definition) is 3. The summed E-state index contributed by atoms with van der Waals surface area (Å²) in [5.74, 6) is -1.49. The molecule has 0 saturated carbocycles. The number of rotatable bonds is 11. The van der Waals surface area contributed by atoms with Crippen molar-refractivity contribution in [3.63, 3.8) is 0 Å². The molecule has 176 valence electrons. The lowest BCUT2D eigenvalue weighted by molar-refractivity contribution is -0.142. The average Bonchev–Trinajstić information content (AvgIpc) is 3.11. The number of carboxylic acid groups (broad SMARTS) is 1. The summed E-state index contributed by atoms with van der Waals surface area (Å²) in [6.45, 7) is 4.02. The number of benzene rings is 2. The van der Waals surface area contributed by atoms with Crippen LogP contribution in [0.4, 0.5) is 4.79 Å². The number of carbonyl (C=O) groups is 3. The molecule has 1 aliphatic rings. The van der Waals surface area contributed by atoms with Gasteiger partial charge < -0.3 is 20.5 Å². The second-order valence-corrected chi connectivity index (χ2v) is 8.41. The topological polar surface area (TPSA) is 105 Å². The molecule has 2 aromatic rings. The van der Waals surface area contributed by atoms with Crippen molar-refractivity contribution < 1.29 is 24.2 Å². The van der Waals surface area contributed by atoms with E-state index in [0.717, 1.165) is 28.7 Å². The first-order valence-corrected chi connectivity index (χ1v) is 11.6. The first kappa shape index (κ1) is 24.3. The maximum absolute atomic E-state index is 12.6. The third-order valence-electron chi connectivity index (χ3n) is 5.95. The van der Waals surface area contributed by atoms with Crippen molar-refractivity contribution in [1.29, 1.82) is 0 Å². The van der Waals surface area contributed by atoms with Crippen molar-refractivity contribution in [3.8, 4) is 11.1 Å². The maximum atomic E-state index is 12.6. The highest BCUT2D eigenvalue weighted by molar-refractivity contribution is 5.84. The van der Waals surface area contributed by atoms with Gasteiger partial charge in [-0.15, -0.1) is 0 Å². The molecule has 2 unspecified atom stereocenters. The van der Waals surface area contributed by atoms with Crippen molar-refractivity contribution >= 4 is 18.0 Å². The molecule has 0 spiro atoms. The van der Waals surface area contributed by atoms with Crippen molar-refractivity contribution in [2.24, 2.45) is 0 Å². The number of ether oxygens (including phenoxy) is 1. The Morgan fingerprint density at radius 2 is 1.48 bits per heavy atom. The van der Waals surface area contributed by atoms with Crippen LogP contribution < -0.4 is 10.6 Å². The van der Waals surface area contributed by atoms with E-state index >= 15 is 0 Å². The van der Waals surface area contributed by atoms with E-state index in [4.69, 9.17) is 4.74 Å². The molecule has 0 aromatic heterocycles. The summed E-state index contributed by atoms with van der Waals surface area (Å²) < 4.78 is 5.58. The Morgan fingerprint density at radius 3 is 2.03 bits per heavy atom. The zero-order valence-corrected chi connectivity index (χ0v) is 19.2. The normalized spacial score (nSPS) is 14.0. The van der Waals surface area contributed by atoms with E-state index in [0.29, 0.717) is 19.3 Å². The molecule has 3 N–H and O–H groups in total. The predicted octanol–water partition coefficient (Wildman–Crippen LogP) is 4.45. The monoisotopic (exact) mass is 452 g/mol. The van der Waals surface area contributed by atoms with Crippen LogP contribution in [0.15, 0.2) is 48.5 Å². The maximum Gasteiger partial charge on any atom is 0.407 e. The van der Waals surface area contributed by atoms with Crippen molar-refractivity contribution in [2.75, 3.05) is 6.61 Å². The average molecular weight is 453 g/mol. The summed E-state index contributed by atoms with van der Waals surface area (Å²) in [5.41, 5.74) is 4.57. The molecule has 0 saturated heterocycles. The summed E-state index contributed by atoms with van der Waals surface area (Å²) >= 11 is 0. The van der Waals surface area contributed by atoms with Crippen molar-refractivity contribution in [3.05, 3.63) is 59.7 Å². The third-order valence-corrected chi connectivity index (χ3v) is 5.95. The number of aliphatic carboxylic acids is 1. The lowest BCUT2D eigenvalue weighted by Crippen LogP contribution is -2.44. The van der Waals surface area contributed by atoms with E-state index in [1.165, 1.54) is 0 Å². The van der Waals surface area contributed by atoms with Crippen LogP contribution in [-0.4, -0.2) is 41.8 Å². The van der Waals surface area contributed by atoms with Crippen molar-refractivity contribution in [2.45, 2.75) is 64.0 Å². The van der Waals surface area contributed by atoms with Crippen LogP contribution in [0.5, 0.6) is 0 Å². The first-order chi connectivity index (χ1) is 15.9. The highest BCUT2D eigenvalue weighted by Gasteiger charge is 2.29. The van der Waals surface area contributed by atoms with Crippen LogP contribution in [0.1, 0.15) is 63.0 Å². The number of hydrogen-bond acceptors (Lipinski definition) is 4. The first-order valence-electron chi connectivity index (χ1n) is 11.6. The van der Waals surface area contributed by atoms with E-state index in [1.54, 1.807) is 0 Å². The van der Waals surface area contributed by atoms with Crippen LogP contribution in [0.25, 0.3) is 11.1 Å². The molecule has 2 amide bonds. The van der Waals surface area contributed by atoms with E-state index < -0.39 is 30.1 Å². The van der Waals surface area contributed by atoms with E-state index in [9.17, 15) is 19.5 Å². The second-order valence-electron chi connectivity index (χ2n) is 8.41. The van der Waals surface area contributed by atoms with Gasteiger partial charge in [0.1, 0.15) is 12.6 Å². The quantitative estimate of drug-likeness (QED) is 0.467. The van der Waals surface area contributed by atoms with Gasteiger partial charge in [-0.05, 0) is 35.1 Å². The molecule has 33 heavy (non-hydrogen) atoms. The minimum absolute atomic E-state index is 0.00549. The smallest absolute Gasteiger partial charge is 0.407 e. The van der Waals surface area contributed by atoms with Gasteiger partial charge in [0.15, 0.2) is 0 Å². The van der Waals surface area contributed by atoms with E-state index in [2.05, 4.69) is 34.9 Å². The van der Waals surface area contributed by atoms with Gasteiger partial charge in [-0.25, -0.2) is 9.59 Å². The summed E-state index contributed by atoms with van der Waals surface area (Å²) in [6, 6.07) is 14.9. The summed E-state index contributed by atoms with van der Waals surface area (Å²) in [4.78, 5) is 36.2. The zero-order valence-electron chi connectivity index (χ0n) is 19.2. The number of amides is 2. The molecular formula is C26H32N2O5. The van der Waals surface area contributed by atoms with Crippen molar-refractivity contribution in [1.82, 2.24) is 10.6 Å². The molecule has 3 rings (SSSR count).